The van der Waals surface area contributed by atoms with Crippen molar-refractivity contribution in [1.29, 1.82) is 0 Å². The van der Waals surface area contributed by atoms with E-state index >= 15 is 0 Å². The zero-order valence-corrected chi connectivity index (χ0v) is 13.8. The fraction of sp³-hybridized carbons (Fsp3) is 0.562. The van der Waals surface area contributed by atoms with Crippen LogP contribution in [0.2, 0.25) is 0 Å². The smallest absolute Gasteiger partial charge is 0.325 e. The second-order valence-electron chi connectivity index (χ2n) is 6.29. The van der Waals surface area contributed by atoms with Crippen molar-refractivity contribution >= 4 is 17.8 Å². The van der Waals surface area contributed by atoms with Crippen molar-refractivity contribution in [3.63, 3.8) is 0 Å². The fourth-order valence-corrected chi connectivity index (χ4v) is 2.64. The highest BCUT2D eigenvalue weighted by molar-refractivity contribution is 6.05. The van der Waals surface area contributed by atoms with Crippen molar-refractivity contribution in [1.82, 2.24) is 15.5 Å². The van der Waals surface area contributed by atoms with Gasteiger partial charge in [0.2, 0.25) is 5.91 Å². The van der Waals surface area contributed by atoms with Gasteiger partial charge < -0.3 is 20.2 Å². The number of aliphatic hydroxyl groups excluding tert-OH is 1. The lowest BCUT2D eigenvalue weighted by atomic mass is 10.0. The van der Waals surface area contributed by atoms with E-state index in [2.05, 4.69) is 10.6 Å². The van der Waals surface area contributed by atoms with Crippen molar-refractivity contribution in [2.45, 2.75) is 45.3 Å². The average molecular weight is 337 g/mol. The third-order valence-electron chi connectivity index (χ3n) is 3.73. The van der Waals surface area contributed by atoms with Gasteiger partial charge in [-0.25, -0.2) is 4.79 Å². The molecule has 0 aromatic carbocycles. The molecular weight excluding hydrogens is 314 g/mol. The van der Waals surface area contributed by atoms with Gasteiger partial charge in [0.1, 0.15) is 11.8 Å². The van der Waals surface area contributed by atoms with Gasteiger partial charge in [-0.15, -0.1) is 0 Å². The predicted octanol–water partition coefficient (Wildman–Crippen LogP) is 0.613. The van der Waals surface area contributed by atoms with Crippen LogP contribution in [0.25, 0.3) is 0 Å². The zero-order valence-electron chi connectivity index (χ0n) is 13.8. The normalized spacial score (nSPS) is 18.8. The quantitative estimate of drug-likeness (QED) is 0.602. The molecule has 1 saturated heterocycles. The Morgan fingerprint density at radius 2 is 2.21 bits per heavy atom. The van der Waals surface area contributed by atoms with Crippen molar-refractivity contribution in [2.75, 3.05) is 6.61 Å². The number of carbonyl (C=O) groups excluding carboxylic acids is 3. The van der Waals surface area contributed by atoms with Gasteiger partial charge in [0.05, 0.1) is 31.9 Å². The number of urea groups is 1. The Bertz CT molecular complexity index is 585. The molecule has 8 nitrogen and oxygen atoms in total. The second kappa shape index (κ2) is 7.96. The summed E-state index contributed by atoms with van der Waals surface area (Å²) < 4.78 is 5.13. The number of carbonyl (C=O) groups is 3. The van der Waals surface area contributed by atoms with Crippen LogP contribution in [0.3, 0.4) is 0 Å². The SMILES string of the molecule is CC(C)CC(CO)NC(=O)CC1NC(=O)N(Cc2ccco2)C1=O. The molecule has 1 fully saturated rings. The highest BCUT2D eigenvalue weighted by Gasteiger charge is 2.39. The molecule has 0 spiro atoms. The van der Waals surface area contributed by atoms with Crippen LogP contribution in [0, 0.1) is 5.92 Å². The largest absolute Gasteiger partial charge is 0.467 e. The molecule has 1 aliphatic rings. The molecule has 1 aromatic heterocycles. The standard InChI is InChI=1S/C16H23N3O5/c1-10(2)6-11(9-20)17-14(21)7-13-15(22)19(16(23)18-13)8-12-4-3-5-24-12/h3-5,10-11,13,20H,6-9H2,1-2H3,(H,17,21)(H,18,23). The molecule has 2 heterocycles. The van der Waals surface area contributed by atoms with E-state index in [4.69, 9.17) is 4.42 Å². The van der Waals surface area contributed by atoms with Gasteiger partial charge in [-0.05, 0) is 24.5 Å². The first kappa shape index (κ1) is 18.0. The van der Waals surface area contributed by atoms with Gasteiger partial charge in [0.25, 0.3) is 5.91 Å². The first-order valence-electron chi connectivity index (χ1n) is 7.95. The number of rotatable bonds is 8. The molecule has 2 atom stereocenters. The Morgan fingerprint density at radius 1 is 1.46 bits per heavy atom. The summed E-state index contributed by atoms with van der Waals surface area (Å²) in [6.07, 6.45) is 1.94. The van der Waals surface area contributed by atoms with Crippen LogP contribution in [-0.2, 0) is 16.1 Å². The van der Waals surface area contributed by atoms with Gasteiger partial charge >= 0.3 is 6.03 Å². The van der Waals surface area contributed by atoms with Gasteiger partial charge in [0.15, 0.2) is 0 Å². The number of furan rings is 1. The summed E-state index contributed by atoms with van der Waals surface area (Å²) in [6, 6.07) is 1.53. The van der Waals surface area contributed by atoms with Gasteiger partial charge in [0, 0.05) is 0 Å². The van der Waals surface area contributed by atoms with E-state index in [-0.39, 0.29) is 31.5 Å². The highest BCUT2D eigenvalue weighted by atomic mass is 16.3. The molecule has 4 amide bonds. The van der Waals surface area contributed by atoms with Gasteiger partial charge in [-0.1, -0.05) is 13.8 Å². The number of imide groups is 1. The van der Waals surface area contributed by atoms with Crippen LogP contribution in [0.15, 0.2) is 22.8 Å². The van der Waals surface area contributed by atoms with Crippen LogP contribution in [0.4, 0.5) is 4.79 Å². The first-order chi connectivity index (χ1) is 11.4. The number of hydrogen-bond acceptors (Lipinski definition) is 5. The Morgan fingerprint density at radius 3 is 2.79 bits per heavy atom. The van der Waals surface area contributed by atoms with Crippen molar-refractivity contribution in [3.05, 3.63) is 24.2 Å². The van der Waals surface area contributed by atoms with Crippen LogP contribution >= 0.6 is 0 Å². The molecule has 0 bridgehead atoms. The monoisotopic (exact) mass is 337 g/mol. The fourth-order valence-electron chi connectivity index (χ4n) is 2.64. The third kappa shape index (κ3) is 4.58. The number of nitrogens with one attached hydrogen (secondary N) is 2. The van der Waals surface area contributed by atoms with E-state index in [1.165, 1.54) is 6.26 Å². The molecule has 0 radical (unpaired) electrons. The second-order valence-corrected chi connectivity index (χ2v) is 6.29. The maximum absolute atomic E-state index is 12.3. The molecule has 2 unspecified atom stereocenters. The van der Waals surface area contributed by atoms with Crippen LogP contribution in [-0.4, -0.2) is 46.5 Å². The van der Waals surface area contributed by atoms with Crippen molar-refractivity contribution < 1.29 is 23.9 Å². The predicted molar refractivity (Wildman–Crippen MR) is 84.7 cm³/mol. The Kier molecular flexibility index (Phi) is 5.97. The maximum Gasteiger partial charge on any atom is 0.325 e. The Labute approximate surface area is 140 Å². The van der Waals surface area contributed by atoms with E-state index in [1.807, 2.05) is 13.8 Å². The summed E-state index contributed by atoms with van der Waals surface area (Å²) in [4.78, 5) is 37.3. The highest BCUT2D eigenvalue weighted by Crippen LogP contribution is 2.14. The van der Waals surface area contributed by atoms with Gasteiger partial charge in [-0.2, -0.15) is 0 Å². The van der Waals surface area contributed by atoms with Crippen LogP contribution in [0.5, 0.6) is 0 Å². The molecule has 1 aliphatic heterocycles. The summed E-state index contributed by atoms with van der Waals surface area (Å²) >= 11 is 0. The first-order valence-corrected chi connectivity index (χ1v) is 7.95. The lowest BCUT2D eigenvalue weighted by Gasteiger charge is -2.19. The molecule has 0 saturated carbocycles. The minimum Gasteiger partial charge on any atom is -0.467 e. The van der Waals surface area contributed by atoms with E-state index in [9.17, 15) is 19.5 Å². The summed E-state index contributed by atoms with van der Waals surface area (Å²) in [5.74, 6) is -0.0379. The lowest BCUT2D eigenvalue weighted by molar-refractivity contribution is -0.131. The number of aliphatic hydroxyl groups is 1. The minimum absolute atomic E-state index is 0.0302. The third-order valence-corrected chi connectivity index (χ3v) is 3.73. The van der Waals surface area contributed by atoms with Crippen LogP contribution < -0.4 is 10.6 Å². The molecule has 8 heteroatoms. The van der Waals surface area contributed by atoms with E-state index < -0.39 is 18.0 Å². The average Bonchev–Trinajstić information content (AvgIpc) is 3.10. The zero-order chi connectivity index (χ0) is 17.7. The molecule has 3 N–H and O–H groups in total. The molecular formula is C16H23N3O5. The summed E-state index contributed by atoms with van der Waals surface area (Å²) in [6.45, 7) is 3.84. The summed E-state index contributed by atoms with van der Waals surface area (Å²) in [5.41, 5.74) is 0. The minimum atomic E-state index is -0.897. The van der Waals surface area contributed by atoms with Crippen molar-refractivity contribution in [3.8, 4) is 0 Å². The van der Waals surface area contributed by atoms with E-state index in [0.29, 0.717) is 18.1 Å². The summed E-state index contributed by atoms with van der Waals surface area (Å²) in [7, 11) is 0. The molecule has 2 rings (SSSR count). The number of nitrogens with zero attached hydrogens (tertiary/aromatic N) is 1. The Balaban J connectivity index is 1.89. The Hall–Kier alpha value is -2.35. The maximum atomic E-state index is 12.3. The number of amides is 4. The molecule has 132 valence electrons. The van der Waals surface area contributed by atoms with Gasteiger partial charge in [-0.3, -0.25) is 14.5 Å². The van der Waals surface area contributed by atoms with E-state index in [1.54, 1.807) is 12.1 Å². The van der Waals surface area contributed by atoms with E-state index in [0.717, 1.165) is 4.90 Å². The van der Waals surface area contributed by atoms with Crippen molar-refractivity contribution in [2.24, 2.45) is 5.92 Å². The lowest BCUT2D eigenvalue weighted by Crippen LogP contribution is -2.42. The molecule has 24 heavy (non-hydrogen) atoms. The summed E-state index contributed by atoms with van der Waals surface area (Å²) in [5, 5.41) is 14.5. The molecule has 0 aliphatic carbocycles. The molecule has 1 aromatic rings. The number of hydrogen-bond donors (Lipinski definition) is 3. The van der Waals surface area contributed by atoms with Crippen LogP contribution in [0.1, 0.15) is 32.4 Å². The topological polar surface area (TPSA) is 112 Å².